The van der Waals surface area contributed by atoms with Crippen LogP contribution in [0.25, 0.3) is 0 Å². The number of alkyl halides is 6. The zero-order chi connectivity index (χ0) is 31.0. The summed E-state index contributed by atoms with van der Waals surface area (Å²) < 4.78 is 100. The molecule has 0 radical (unpaired) electrons. The van der Waals surface area contributed by atoms with Gasteiger partial charge in [-0.05, 0) is 78.0 Å². The summed E-state index contributed by atoms with van der Waals surface area (Å²) in [7, 11) is 0. The Morgan fingerprint density at radius 3 is 2.43 bits per heavy atom. The molecule has 1 saturated carbocycles. The van der Waals surface area contributed by atoms with Crippen LogP contribution in [-0.4, -0.2) is 36.1 Å². The van der Waals surface area contributed by atoms with E-state index in [0.29, 0.717) is 12.1 Å². The summed E-state index contributed by atoms with van der Waals surface area (Å²) in [4.78, 5) is 31.5. The fraction of sp³-hybridized carbons (Fsp3) is 0.296. The zero-order valence-electron chi connectivity index (χ0n) is 21.4. The van der Waals surface area contributed by atoms with Crippen molar-refractivity contribution in [1.82, 2.24) is 4.98 Å². The summed E-state index contributed by atoms with van der Waals surface area (Å²) in [5, 5.41) is 2.26. The predicted molar refractivity (Wildman–Crippen MR) is 143 cm³/mol. The van der Waals surface area contributed by atoms with Gasteiger partial charge in [0.1, 0.15) is 5.15 Å². The third-order valence-electron chi connectivity index (χ3n) is 6.45. The zero-order valence-corrected chi connectivity index (χ0v) is 23.8. The Bertz CT molecular complexity index is 1500. The highest BCUT2D eigenvalue weighted by Crippen LogP contribution is 2.46. The summed E-state index contributed by atoms with van der Waals surface area (Å²) in [5.41, 5.74) is -6.44. The number of amides is 2. The molecule has 4 rings (SSSR count). The van der Waals surface area contributed by atoms with Gasteiger partial charge < -0.3 is 15.0 Å². The van der Waals surface area contributed by atoms with Crippen molar-refractivity contribution < 1.29 is 45.1 Å². The first-order chi connectivity index (χ1) is 19.6. The van der Waals surface area contributed by atoms with Gasteiger partial charge in [-0.1, -0.05) is 17.7 Å². The minimum absolute atomic E-state index is 0.0903. The van der Waals surface area contributed by atoms with Crippen LogP contribution in [0.5, 0.6) is 5.75 Å². The van der Waals surface area contributed by atoms with Crippen molar-refractivity contribution >= 4 is 50.7 Å². The van der Waals surface area contributed by atoms with Gasteiger partial charge in [0.2, 0.25) is 5.67 Å². The Morgan fingerprint density at radius 2 is 1.86 bits per heavy atom. The van der Waals surface area contributed by atoms with Gasteiger partial charge in [0.25, 0.3) is 11.8 Å². The molecule has 6 nitrogen and oxygen atoms in total. The van der Waals surface area contributed by atoms with Crippen molar-refractivity contribution in [3.63, 3.8) is 0 Å². The van der Waals surface area contributed by atoms with E-state index in [4.69, 9.17) is 11.6 Å². The lowest BCUT2D eigenvalue weighted by atomic mass is 9.96. The number of carbonyl (C=O) groups excluding carboxylic acids is 2. The highest BCUT2D eigenvalue weighted by molar-refractivity contribution is 9.10. The molecule has 42 heavy (non-hydrogen) atoms. The molecule has 224 valence electrons. The first-order valence-corrected chi connectivity index (χ1v) is 13.3. The quantitative estimate of drug-likeness (QED) is 0.182. The molecular formula is C27H20BrClF7N3O3. The second-order valence-corrected chi connectivity index (χ2v) is 10.8. The Morgan fingerprint density at radius 1 is 1.17 bits per heavy atom. The van der Waals surface area contributed by atoms with Crippen LogP contribution >= 0.6 is 27.5 Å². The van der Waals surface area contributed by atoms with E-state index in [1.807, 2.05) is 0 Å². The van der Waals surface area contributed by atoms with Crippen molar-refractivity contribution in [3.05, 3.63) is 80.8 Å². The Kier molecular flexibility index (Phi) is 9.07. The van der Waals surface area contributed by atoms with E-state index in [0.717, 1.165) is 23.8 Å². The van der Waals surface area contributed by atoms with E-state index >= 15 is 4.39 Å². The summed E-state index contributed by atoms with van der Waals surface area (Å²) in [6.45, 7) is -3.25. The summed E-state index contributed by atoms with van der Waals surface area (Å²) in [5.74, 6) is -3.88. The third kappa shape index (κ3) is 6.80. The highest BCUT2D eigenvalue weighted by atomic mass is 79.9. The van der Waals surface area contributed by atoms with E-state index in [1.54, 1.807) is 0 Å². The minimum atomic E-state index is -5.41. The van der Waals surface area contributed by atoms with E-state index in [1.165, 1.54) is 30.5 Å². The minimum Gasteiger partial charge on any atom is -0.433 e. The van der Waals surface area contributed by atoms with Crippen LogP contribution in [0.15, 0.2) is 53.1 Å². The lowest BCUT2D eigenvalue weighted by Gasteiger charge is -2.26. The van der Waals surface area contributed by atoms with Gasteiger partial charge in [0.15, 0.2) is 11.6 Å². The topological polar surface area (TPSA) is 71.5 Å². The average molecular weight is 683 g/mol. The number of hydrogen-bond acceptors (Lipinski definition) is 4. The molecule has 1 aliphatic rings. The second kappa shape index (κ2) is 12.1. The van der Waals surface area contributed by atoms with Crippen molar-refractivity contribution in [1.29, 1.82) is 0 Å². The lowest BCUT2D eigenvalue weighted by molar-refractivity contribution is -0.228. The molecule has 2 amide bonds. The number of carbonyl (C=O) groups is 2. The van der Waals surface area contributed by atoms with Gasteiger partial charge >= 0.3 is 12.8 Å². The van der Waals surface area contributed by atoms with Gasteiger partial charge in [-0.3, -0.25) is 9.59 Å². The van der Waals surface area contributed by atoms with E-state index in [9.17, 15) is 35.9 Å². The number of pyridine rings is 1. The predicted octanol–water partition coefficient (Wildman–Crippen LogP) is 8.29. The van der Waals surface area contributed by atoms with Crippen LogP contribution in [0.3, 0.4) is 0 Å². The number of hydrogen-bond donors (Lipinski definition) is 1. The highest BCUT2D eigenvalue weighted by Gasteiger charge is 2.54. The number of nitrogens with one attached hydrogen (secondary N) is 1. The van der Waals surface area contributed by atoms with Crippen LogP contribution in [0.2, 0.25) is 5.15 Å². The number of anilines is 2. The smallest absolute Gasteiger partial charge is 0.426 e. The van der Waals surface area contributed by atoms with Crippen LogP contribution in [0.4, 0.5) is 42.1 Å². The van der Waals surface area contributed by atoms with Gasteiger partial charge in [-0.25, -0.2) is 13.8 Å². The Hall–Kier alpha value is -3.39. The van der Waals surface area contributed by atoms with Crippen molar-refractivity contribution in [3.8, 4) is 5.75 Å². The van der Waals surface area contributed by atoms with Crippen LogP contribution in [0, 0.1) is 11.7 Å². The molecule has 1 atom stereocenters. The van der Waals surface area contributed by atoms with Crippen LogP contribution < -0.4 is 15.0 Å². The number of rotatable bonds is 9. The van der Waals surface area contributed by atoms with E-state index in [-0.39, 0.29) is 35.8 Å². The van der Waals surface area contributed by atoms with Gasteiger partial charge in [0, 0.05) is 22.8 Å². The van der Waals surface area contributed by atoms with Crippen LogP contribution in [0.1, 0.15) is 46.0 Å². The second-order valence-electron chi connectivity index (χ2n) is 9.53. The fourth-order valence-electron chi connectivity index (χ4n) is 3.92. The first-order valence-electron chi connectivity index (χ1n) is 12.2. The van der Waals surface area contributed by atoms with Gasteiger partial charge in [0.05, 0.1) is 22.5 Å². The molecule has 3 aromatic rings. The Balaban J connectivity index is 1.70. The molecule has 0 spiro atoms. The number of nitrogens with zero attached hydrogens (tertiary/aromatic N) is 2. The molecule has 0 saturated heterocycles. The maximum atomic E-state index is 15.8. The van der Waals surface area contributed by atoms with E-state index < -0.39 is 63.1 Å². The van der Waals surface area contributed by atoms with Gasteiger partial charge in [-0.2, -0.15) is 22.0 Å². The standard InChI is InChI=1S/C27H20BrClF7N3O3/c1-26(33,27(34,35)36)15-9-17(28)22(19(10-15)42-25(31)32)38-23(40)16-3-2-4-18(21(16)30)39(12-13-5-6-13)24(41)14-7-8-20(29)37-11-14/h2-4,7-11,13,25H,5-6,12H2,1H3,(H,38,40). The molecule has 1 unspecified atom stereocenters. The fourth-order valence-corrected chi connectivity index (χ4v) is 4.57. The molecule has 0 bridgehead atoms. The summed E-state index contributed by atoms with van der Waals surface area (Å²) in [6.07, 6.45) is -2.60. The molecule has 1 N–H and O–H groups in total. The van der Waals surface area contributed by atoms with E-state index in [2.05, 4.69) is 31.0 Å². The normalized spacial score (nSPS) is 14.8. The van der Waals surface area contributed by atoms with Gasteiger partial charge in [-0.15, -0.1) is 0 Å². The molecule has 0 aliphatic heterocycles. The monoisotopic (exact) mass is 681 g/mol. The molecule has 1 aromatic heterocycles. The summed E-state index contributed by atoms with van der Waals surface area (Å²) in [6, 6.07) is 7.38. The number of ether oxygens (including phenoxy) is 1. The number of benzene rings is 2. The average Bonchev–Trinajstić information content (AvgIpc) is 3.72. The molecular weight excluding hydrogens is 663 g/mol. The molecule has 2 aromatic carbocycles. The summed E-state index contributed by atoms with van der Waals surface area (Å²) >= 11 is 8.65. The van der Waals surface area contributed by atoms with Crippen molar-refractivity contribution in [2.24, 2.45) is 5.92 Å². The SMILES string of the molecule is CC(F)(c1cc(Br)c(NC(=O)c2cccc(N(CC3CC3)C(=O)c3ccc(Cl)nc3)c2F)c(OC(F)F)c1)C(F)(F)F. The molecule has 1 heterocycles. The van der Waals surface area contributed by atoms with Crippen molar-refractivity contribution in [2.45, 2.75) is 38.2 Å². The largest absolute Gasteiger partial charge is 0.433 e. The lowest BCUT2D eigenvalue weighted by Crippen LogP contribution is -2.35. The number of aromatic nitrogens is 1. The molecule has 15 heteroatoms. The van der Waals surface area contributed by atoms with Crippen molar-refractivity contribution in [2.75, 3.05) is 16.8 Å². The third-order valence-corrected chi connectivity index (χ3v) is 7.30. The maximum Gasteiger partial charge on any atom is 0.426 e. The maximum absolute atomic E-state index is 15.8. The first kappa shape index (κ1) is 31.5. The Labute approximate surface area is 247 Å². The number of halogens is 9. The molecule has 1 aliphatic carbocycles. The van der Waals surface area contributed by atoms with Crippen LogP contribution in [-0.2, 0) is 5.67 Å². The molecule has 1 fully saturated rings.